The number of hydrogen-bond acceptors (Lipinski definition) is 2. The van der Waals surface area contributed by atoms with Gasteiger partial charge in [0.05, 0.1) is 0 Å². The van der Waals surface area contributed by atoms with Gasteiger partial charge in [0.15, 0.2) is 0 Å². The van der Waals surface area contributed by atoms with Crippen LogP contribution in [0.5, 0.6) is 0 Å². The fourth-order valence-electron chi connectivity index (χ4n) is 1.91. The maximum Gasteiger partial charge on any atom is 0.0410 e. The first-order chi connectivity index (χ1) is 8.69. The first kappa shape index (κ1) is 13.2. The zero-order valence-electron chi connectivity index (χ0n) is 10.4. The summed E-state index contributed by atoms with van der Waals surface area (Å²) in [7, 11) is 0. The van der Waals surface area contributed by atoms with Crippen molar-refractivity contribution >= 4 is 15.9 Å². The molecule has 2 nitrogen and oxygen atoms in total. The topological polar surface area (TPSA) is 38.9 Å². The second kappa shape index (κ2) is 6.12. The third kappa shape index (κ3) is 3.40. The number of aryl methyl sites for hydroxylation is 1. The third-order valence-electron chi connectivity index (χ3n) is 3.04. The molecule has 0 saturated heterocycles. The lowest BCUT2D eigenvalue weighted by atomic mass is 10.00. The largest absolute Gasteiger partial charge is 0.324 e. The van der Waals surface area contributed by atoms with Crippen LogP contribution in [0.15, 0.2) is 47.2 Å². The Morgan fingerprint density at radius 3 is 2.44 bits per heavy atom. The number of hydrogen-bond donors (Lipinski definition) is 1. The van der Waals surface area contributed by atoms with Crippen molar-refractivity contribution in [2.24, 2.45) is 5.73 Å². The van der Waals surface area contributed by atoms with Crippen LogP contribution in [0.3, 0.4) is 0 Å². The molecule has 1 unspecified atom stereocenters. The smallest absolute Gasteiger partial charge is 0.0410 e. The van der Waals surface area contributed by atoms with Gasteiger partial charge in [-0.25, -0.2) is 0 Å². The quantitative estimate of drug-likeness (QED) is 0.936. The van der Waals surface area contributed by atoms with Gasteiger partial charge in [-0.3, -0.25) is 4.98 Å². The molecule has 0 aliphatic rings. The second-order valence-electron chi connectivity index (χ2n) is 4.42. The monoisotopic (exact) mass is 304 g/mol. The highest BCUT2D eigenvalue weighted by Gasteiger charge is 2.08. The van der Waals surface area contributed by atoms with E-state index in [-0.39, 0.29) is 6.04 Å². The standard InChI is InChI=1S/C15H17BrN2/c1-2-11-3-5-12(6-4-11)7-15(17)13-8-14(16)10-18-9-13/h3-6,8-10,15H,2,7,17H2,1H3. The van der Waals surface area contributed by atoms with E-state index in [1.807, 2.05) is 12.3 Å². The van der Waals surface area contributed by atoms with Crippen LogP contribution in [0.1, 0.15) is 29.7 Å². The summed E-state index contributed by atoms with van der Waals surface area (Å²) in [5.74, 6) is 0. The SMILES string of the molecule is CCc1ccc(CC(N)c2cncc(Br)c2)cc1. The van der Waals surface area contributed by atoms with Gasteiger partial charge in [0, 0.05) is 22.9 Å². The number of rotatable bonds is 4. The molecule has 94 valence electrons. The van der Waals surface area contributed by atoms with Crippen molar-refractivity contribution in [3.63, 3.8) is 0 Å². The minimum Gasteiger partial charge on any atom is -0.324 e. The van der Waals surface area contributed by atoms with Gasteiger partial charge < -0.3 is 5.73 Å². The Morgan fingerprint density at radius 2 is 1.83 bits per heavy atom. The molecule has 0 saturated carbocycles. The fourth-order valence-corrected chi connectivity index (χ4v) is 2.30. The van der Waals surface area contributed by atoms with Crippen LogP contribution in [0, 0.1) is 0 Å². The zero-order valence-corrected chi connectivity index (χ0v) is 12.0. The minimum atomic E-state index is -0.0116. The van der Waals surface area contributed by atoms with Crippen LogP contribution < -0.4 is 5.73 Å². The molecule has 0 spiro atoms. The Balaban J connectivity index is 2.08. The average Bonchev–Trinajstić information content (AvgIpc) is 2.39. The van der Waals surface area contributed by atoms with E-state index in [1.165, 1.54) is 11.1 Å². The molecule has 2 aromatic rings. The Hall–Kier alpha value is -1.19. The van der Waals surface area contributed by atoms with Gasteiger partial charge in [0.2, 0.25) is 0 Å². The van der Waals surface area contributed by atoms with Crippen LogP contribution in [0.2, 0.25) is 0 Å². The Labute approximate surface area is 116 Å². The molecule has 0 bridgehead atoms. The van der Waals surface area contributed by atoms with Crippen molar-refractivity contribution in [1.82, 2.24) is 4.98 Å². The van der Waals surface area contributed by atoms with Crippen molar-refractivity contribution in [1.29, 1.82) is 0 Å². The summed E-state index contributed by atoms with van der Waals surface area (Å²) in [4.78, 5) is 4.15. The van der Waals surface area contributed by atoms with E-state index in [0.29, 0.717) is 0 Å². The van der Waals surface area contributed by atoms with E-state index in [9.17, 15) is 0 Å². The highest BCUT2D eigenvalue weighted by atomic mass is 79.9. The van der Waals surface area contributed by atoms with E-state index in [0.717, 1.165) is 22.9 Å². The summed E-state index contributed by atoms with van der Waals surface area (Å²) in [6.07, 6.45) is 5.51. The number of aromatic nitrogens is 1. The van der Waals surface area contributed by atoms with Crippen molar-refractivity contribution in [2.75, 3.05) is 0 Å². The first-order valence-corrected chi connectivity index (χ1v) is 6.92. The number of nitrogens with zero attached hydrogens (tertiary/aromatic N) is 1. The predicted molar refractivity (Wildman–Crippen MR) is 78.4 cm³/mol. The highest BCUT2D eigenvalue weighted by molar-refractivity contribution is 9.10. The molecule has 1 aromatic heterocycles. The van der Waals surface area contributed by atoms with Crippen LogP contribution in [-0.4, -0.2) is 4.98 Å². The number of pyridine rings is 1. The van der Waals surface area contributed by atoms with Crippen LogP contribution in [-0.2, 0) is 12.8 Å². The van der Waals surface area contributed by atoms with E-state index in [4.69, 9.17) is 5.73 Å². The predicted octanol–water partition coefficient (Wildman–Crippen LogP) is 3.65. The summed E-state index contributed by atoms with van der Waals surface area (Å²) < 4.78 is 0.969. The normalized spacial score (nSPS) is 12.4. The molecule has 0 fully saturated rings. The zero-order chi connectivity index (χ0) is 13.0. The van der Waals surface area contributed by atoms with Gasteiger partial charge in [-0.1, -0.05) is 31.2 Å². The molecule has 1 aromatic carbocycles. The lowest BCUT2D eigenvalue weighted by molar-refractivity contribution is 0.717. The molecule has 18 heavy (non-hydrogen) atoms. The summed E-state index contributed by atoms with van der Waals surface area (Å²) in [6.45, 7) is 2.16. The van der Waals surface area contributed by atoms with Crippen molar-refractivity contribution in [2.45, 2.75) is 25.8 Å². The molecule has 3 heteroatoms. The summed E-state index contributed by atoms with van der Waals surface area (Å²) in [5.41, 5.74) is 9.89. The molecule has 0 aliphatic heterocycles. The maximum absolute atomic E-state index is 6.21. The van der Waals surface area contributed by atoms with Gasteiger partial charge in [-0.15, -0.1) is 0 Å². The van der Waals surface area contributed by atoms with Gasteiger partial charge >= 0.3 is 0 Å². The number of halogens is 1. The lowest BCUT2D eigenvalue weighted by Crippen LogP contribution is -2.13. The van der Waals surface area contributed by atoms with Crippen LogP contribution in [0.4, 0.5) is 0 Å². The number of benzene rings is 1. The maximum atomic E-state index is 6.21. The first-order valence-electron chi connectivity index (χ1n) is 6.13. The Morgan fingerprint density at radius 1 is 1.17 bits per heavy atom. The van der Waals surface area contributed by atoms with Crippen molar-refractivity contribution in [3.8, 4) is 0 Å². The van der Waals surface area contributed by atoms with Gasteiger partial charge in [0.25, 0.3) is 0 Å². The minimum absolute atomic E-state index is 0.0116. The molecular weight excluding hydrogens is 288 g/mol. The fraction of sp³-hybridized carbons (Fsp3) is 0.267. The molecule has 1 atom stereocenters. The van der Waals surface area contributed by atoms with E-state index >= 15 is 0 Å². The molecule has 1 heterocycles. The van der Waals surface area contributed by atoms with Crippen LogP contribution in [0.25, 0.3) is 0 Å². The van der Waals surface area contributed by atoms with E-state index < -0.39 is 0 Å². The van der Waals surface area contributed by atoms with Crippen LogP contribution >= 0.6 is 15.9 Å². The Bertz CT molecular complexity index is 508. The van der Waals surface area contributed by atoms with Crippen molar-refractivity contribution < 1.29 is 0 Å². The van der Waals surface area contributed by atoms with Gasteiger partial charge in [-0.2, -0.15) is 0 Å². The summed E-state index contributed by atoms with van der Waals surface area (Å²) in [5, 5.41) is 0. The molecule has 0 amide bonds. The van der Waals surface area contributed by atoms with E-state index in [2.05, 4.69) is 52.1 Å². The molecule has 2 rings (SSSR count). The molecule has 2 N–H and O–H groups in total. The molecule has 0 aliphatic carbocycles. The lowest BCUT2D eigenvalue weighted by Gasteiger charge is -2.12. The molecule has 0 radical (unpaired) electrons. The second-order valence-corrected chi connectivity index (χ2v) is 5.33. The van der Waals surface area contributed by atoms with Gasteiger partial charge in [0.1, 0.15) is 0 Å². The number of nitrogens with two attached hydrogens (primary N) is 1. The van der Waals surface area contributed by atoms with E-state index in [1.54, 1.807) is 6.20 Å². The summed E-state index contributed by atoms with van der Waals surface area (Å²) >= 11 is 3.42. The van der Waals surface area contributed by atoms with Crippen molar-refractivity contribution in [3.05, 3.63) is 63.9 Å². The third-order valence-corrected chi connectivity index (χ3v) is 3.47. The summed E-state index contributed by atoms with van der Waals surface area (Å²) in [6, 6.07) is 10.7. The van der Waals surface area contributed by atoms with Gasteiger partial charge in [-0.05, 0) is 51.5 Å². The average molecular weight is 305 g/mol. The molecular formula is C15H17BrN2. The highest BCUT2D eigenvalue weighted by Crippen LogP contribution is 2.19. The Kier molecular flexibility index (Phi) is 4.50.